The molecule has 2 aromatic carbocycles. The first-order valence-corrected chi connectivity index (χ1v) is 9.21. The number of piperazine rings is 1. The van der Waals surface area contributed by atoms with Crippen molar-refractivity contribution in [2.45, 2.75) is 27.3 Å². The number of hydrogen-bond acceptors (Lipinski definition) is 4. The Balaban J connectivity index is 1.60. The molecule has 26 heavy (non-hydrogen) atoms. The molecule has 0 aromatic heterocycles. The molecule has 3 rings (SSSR count). The number of benzene rings is 2. The molecular formula is C22H28N2O2. The van der Waals surface area contributed by atoms with Gasteiger partial charge in [-0.3, -0.25) is 9.69 Å². The van der Waals surface area contributed by atoms with Gasteiger partial charge in [0.15, 0.2) is 5.78 Å². The van der Waals surface area contributed by atoms with E-state index in [4.69, 9.17) is 4.74 Å². The highest BCUT2D eigenvalue weighted by atomic mass is 16.5. The second-order valence-corrected chi connectivity index (χ2v) is 7.04. The predicted octanol–water partition coefficient (Wildman–Crippen LogP) is 3.84. The minimum atomic E-state index is 0.117. The maximum atomic E-state index is 11.4. The molecular weight excluding hydrogens is 324 g/mol. The quantitative estimate of drug-likeness (QED) is 0.766. The number of methoxy groups -OCH3 is 1. The van der Waals surface area contributed by atoms with Crippen LogP contribution in [0, 0.1) is 13.8 Å². The van der Waals surface area contributed by atoms with Crippen LogP contribution in [-0.4, -0.2) is 44.0 Å². The van der Waals surface area contributed by atoms with Crippen LogP contribution in [-0.2, 0) is 6.54 Å². The van der Waals surface area contributed by atoms with E-state index in [0.29, 0.717) is 0 Å². The molecule has 0 bridgehead atoms. The highest BCUT2D eigenvalue weighted by molar-refractivity contribution is 5.94. The molecule has 4 heteroatoms. The molecule has 0 N–H and O–H groups in total. The van der Waals surface area contributed by atoms with Crippen LogP contribution in [0.15, 0.2) is 36.4 Å². The molecule has 1 aliphatic rings. The molecule has 138 valence electrons. The number of rotatable bonds is 5. The average Bonchev–Trinajstić information content (AvgIpc) is 2.66. The molecule has 1 saturated heterocycles. The summed E-state index contributed by atoms with van der Waals surface area (Å²) in [7, 11) is 1.73. The third-order valence-electron chi connectivity index (χ3n) is 5.47. The number of ketones is 1. The van der Waals surface area contributed by atoms with Crippen molar-refractivity contribution in [3.8, 4) is 5.75 Å². The third-order valence-corrected chi connectivity index (χ3v) is 5.47. The number of ether oxygens (including phenoxy) is 1. The van der Waals surface area contributed by atoms with Crippen LogP contribution in [0.1, 0.15) is 34.0 Å². The molecule has 4 nitrogen and oxygen atoms in total. The Bertz CT molecular complexity index is 775. The van der Waals surface area contributed by atoms with Gasteiger partial charge in [0, 0.05) is 44.0 Å². The van der Waals surface area contributed by atoms with Gasteiger partial charge < -0.3 is 9.64 Å². The second-order valence-electron chi connectivity index (χ2n) is 7.04. The van der Waals surface area contributed by atoms with Crippen molar-refractivity contribution in [1.29, 1.82) is 0 Å². The summed E-state index contributed by atoms with van der Waals surface area (Å²) in [5.41, 5.74) is 5.91. The summed E-state index contributed by atoms with van der Waals surface area (Å²) in [6, 6.07) is 12.2. The predicted molar refractivity (Wildman–Crippen MR) is 106 cm³/mol. The van der Waals surface area contributed by atoms with E-state index in [1.54, 1.807) is 14.0 Å². The van der Waals surface area contributed by atoms with Gasteiger partial charge in [0.1, 0.15) is 5.75 Å². The van der Waals surface area contributed by atoms with Crippen LogP contribution in [0.4, 0.5) is 5.69 Å². The molecule has 0 spiro atoms. The first kappa shape index (κ1) is 18.5. The van der Waals surface area contributed by atoms with Crippen molar-refractivity contribution >= 4 is 11.5 Å². The highest BCUT2D eigenvalue weighted by Gasteiger charge is 2.18. The molecule has 1 fully saturated rings. The van der Waals surface area contributed by atoms with Crippen LogP contribution in [0.3, 0.4) is 0 Å². The normalized spacial score (nSPS) is 15.2. The van der Waals surface area contributed by atoms with Gasteiger partial charge in [-0.1, -0.05) is 6.07 Å². The van der Waals surface area contributed by atoms with E-state index < -0.39 is 0 Å². The average molecular weight is 352 g/mol. The molecule has 0 unspecified atom stereocenters. The fourth-order valence-electron chi connectivity index (χ4n) is 3.56. The summed E-state index contributed by atoms with van der Waals surface area (Å²) in [5.74, 6) is 1.08. The summed E-state index contributed by atoms with van der Waals surface area (Å²) in [4.78, 5) is 16.3. The Kier molecular flexibility index (Phi) is 5.62. The molecule has 2 aromatic rings. The number of carbonyl (C=O) groups is 1. The molecule has 0 aliphatic carbocycles. The van der Waals surface area contributed by atoms with E-state index in [1.165, 1.54) is 22.4 Å². The number of anilines is 1. The molecule has 1 heterocycles. The molecule has 0 radical (unpaired) electrons. The van der Waals surface area contributed by atoms with Gasteiger partial charge in [0.05, 0.1) is 7.11 Å². The SMILES string of the molecule is COc1ccc(CN2CCN(c3ccc(C(C)=O)cc3)CC2)c(C)c1C. The van der Waals surface area contributed by atoms with Gasteiger partial charge in [0.25, 0.3) is 0 Å². The number of carbonyl (C=O) groups excluding carboxylic acids is 1. The fourth-order valence-corrected chi connectivity index (χ4v) is 3.56. The van der Waals surface area contributed by atoms with E-state index in [1.807, 2.05) is 12.1 Å². The van der Waals surface area contributed by atoms with Crippen LogP contribution in [0.5, 0.6) is 5.75 Å². The summed E-state index contributed by atoms with van der Waals surface area (Å²) >= 11 is 0. The molecule has 0 amide bonds. The van der Waals surface area contributed by atoms with Gasteiger partial charge in [0.2, 0.25) is 0 Å². The van der Waals surface area contributed by atoms with Crippen molar-refractivity contribution in [1.82, 2.24) is 4.90 Å². The smallest absolute Gasteiger partial charge is 0.159 e. The third kappa shape index (κ3) is 3.91. The first-order valence-electron chi connectivity index (χ1n) is 9.21. The van der Waals surface area contributed by atoms with Crippen LogP contribution in [0.2, 0.25) is 0 Å². The van der Waals surface area contributed by atoms with Crippen molar-refractivity contribution in [3.63, 3.8) is 0 Å². The largest absolute Gasteiger partial charge is 0.496 e. The minimum absolute atomic E-state index is 0.117. The summed E-state index contributed by atoms with van der Waals surface area (Å²) in [6.45, 7) is 11.0. The Morgan fingerprint density at radius 3 is 2.19 bits per heavy atom. The van der Waals surface area contributed by atoms with Gasteiger partial charge in [-0.25, -0.2) is 0 Å². The van der Waals surface area contributed by atoms with E-state index in [2.05, 4.69) is 47.9 Å². The summed E-state index contributed by atoms with van der Waals surface area (Å²) in [5, 5.41) is 0. The zero-order chi connectivity index (χ0) is 18.7. The Morgan fingerprint density at radius 1 is 0.962 bits per heavy atom. The van der Waals surface area contributed by atoms with E-state index in [9.17, 15) is 4.79 Å². The lowest BCUT2D eigenvalue weighted by atomic mass is 10.0. The summed E-state index contributed by atoms with van der Waals surface area (Å²) < 4.78 is 5.42. The van der Waals surface area contributed by atoms with E-state index in [0.717, 1.165) is 44.0 Å². The van der Waals surface area contributed by atoms with Crippen molar-refractivity contribution < 1.29 is 9.53 Å². The second kappa shape index (κ2) is 7.92. The molecule has 1 aliphatic heterocycles. The number of Topliss-reactive ketones (excluding diaryl/α,β-unsaturated/α-hetero) is 1. The molecule has 0 atom stereocenters. The van der Waals surface area contributed by atoms with Gasteiger partial charge in [-0.05, 0) is 67.8 Å². The van der Waals surface area contributed by atoms with Crippen molar-refractivity contribution in [2.24, 2.45) is 0 Å². The maximum Gasteiger partial charge on any atom is 0.159 e. The van der Waals surface area contributed by atoms with Gasteiger partial charge in [-0.15, -0.1) is 0 Å². The Hall–Kier alpha value is -2.33. The minimum Gasteiger partial charge on any atom is -0.496 e. The molecule has 0 saturated carbocycles. The maximum absolute atomic E-state index is 11.4. The zero-order valence-electron chi connectivity index (χ0n) is 16.2. The van der Waals surface area contributed by atoms with E-state index in [-0.39, 0.29) is 5.78 Å². The van der Waals surface area contributed by atoms with Crippen LogP contribution in [0.25, 0.3) is 0 Å². The zero-order valence-corrected chi connectivity index (χ0v) is 16.2. The number of hydrogen-bond donors (Lipinski definition) is 0. The first-order chi connectivity index (χ1) is 12.5. The number of nitrogens with zero attached hydrogens (tertiary/aromatic N) is 2. The lowest BCUT2D eigenvalue weighted by Crippen LogP contribution is -2.46. The van der Waals surface area contributed by atoms with E-state index >= 15 is 0 Å². The summed E-state index contributed by atoms with van der Waals surface area (Å²) in [6.07, 6.45) is 0. The van der Waals surface area contributed by atoms with Crippen LogP contribution < -0.4 is 9.64 Å². The lowest BCUT2D eigenvalue weighted by Gasteiger charge is -2.36. The standard InChI is InChI=1S/C22H28N2O2/c1-16-17(2)22(26-4)10-7-20(16)15-23-11-13-24(14-12-23)21-8-5-19(6-9-21)18(3)25/h5-10H,11-15H2,1-4H3. The van der Waals surface area contributed by atoms with Gasteiger partial charge >= 0.3 is 0 Å². The van der Waals surface area contributed by atoms with Crippen molar-refractivity contribution in [3.05, 3.63) is 58.7 Å². The Labute approximate surface area is 156 Å². The topological polar surface area (TPSA) is 32.8 Å². The monoisotopic (exact) mass is 352 g/mol. The highest BCUT2D eigenvalue weighted by Crippen LogP contribution is 2.25. The van der Waals surface area contributed by atoms with Gasteiger partial charge in [-0.2, -0.15) is 0 Å². The lowest BCUT2D eigenvalue weighted by molar-refractivity contribution is 0.101. The van der Waals surface area contributed by atoms with Crippen molar-refractivity contribution in [2.75, 3.05) is 38.2 Å². The Morgan fingerprint density at radius 2 is 1.62 bits per heavy atom. The van der Waals surface area contributed by atoms with Crippen LogP contribution >= 0.6 is 0 Å². The fraction of sp³-hybridized carbons (Fsp3) is 0.409.